The Bertz CT molecular complexity index is 700. The van der Waals surface area contributed by atoms with Crippen molar-refractivity contribution in [2.75, 3.05) is 6.61 Å². The van der Waals surface area contributed by atoms with Gasteiger partial charge in [-0.3, -0.25) is 9.69 Å². The highest BCUT2D eigenvalue weighted by Gasteiger charge is 2.42. The molecule has 1 N–H and O–H groups in total. The zero-order valence-corrected chi connectivity index (χ0v) is 16.0. The fourth-order valence-corrected chi connectivity index (χ4v) is 3.86. The number of hydrogen-bond acceptors (Lipinski definition) is 5. The minimum absolute atomic E-state index is 0.190. The summed E-state index contributed by atoms with van der Waals surface area (Å²) in [6.07, 6.45) is 2.37. The Morgan fingerprint density at radius 2 is 2.00 bits per heavy atom. The van der Waals surface area contributed by atoms with Gasteiger partial charge in [0.05, 0.1) is 11.5 Å². The first kappa shape index (κ1) is 19.5. The summed E-state index contributed by atoms with van der Waals surface area (Å²) in [5.41, 5.74) is 0.833. The maximum absolute atomic E-state index is 12.7. The van der Waals surface area contributed by atoms with E-state index in [0.717, 1.165) is 23.1 Å². The molecule has 0 unspecified atom stereocenters. The summed E-state index contributed by atoms with van der Waals surface area (Å²) < 4.78 is 5.68. The Hall–Kier alpha value is -1.86. The number of thioether (sulfide) groups is 1. The number of carboxylic acids is 1. The number of ether oxygens (including phenoxy) is 1. The van der Waals surface area contributed by atoms with Crippen molar-refractivity contribution in [3.63, 3.8) is 0 Å². The average Bonchev–Trinajstić information content (AvgIpc) is 2.84. The molecule has 0 spiro atoms. The number of benzene rings is 1. The molecule has 1 saturated heterocycles. The molecule has 0 bridgehead atoms. The van der Waals surface area contributed by atoms with Gasteiger partial charge in [0.25, 0.3) is 5.91 Å². The predicted octanol–water partition coefficient (Wildman–Crippen LogP) is 3.79. The van der Waals surface area contributed by atoms with E-state index in [1.54, 1.807) is 6.08 Å². The molecular formula is C18H21NO4S2. The lowest BCUT2D eigenvalue weighted by molar-refractivity contribution is -0.147. The van der Waals surface area contributed by atoms with Crippen LogP contribution in [0.25, 0.3) is 6.08 Å². The summed E-state index contributed by atoms with van der Waals surface area (Å²) in [4.78, 5) is 26.0. The molecule has 1 heterocycles. The summed E-state index contributed by atoms with van der Waals surface area (Å²) in [5, 5.41) is 9.53. The second-order valence-corrected chi connectivity index (χ2v) is 7.40. The van der Waals surface area contributed by atoms with Gasteiger partial charge in [-0.15, -0.1) is 0 Å². The Balaban J connectivity index is 2.26. The van der Waals surface area contributed by atoms with Crippen LogP contribution in [-0.4, -0.2) is 38.9 Å². The van der Waals surface area contributed by atoms with Crippen LogP contribution in [0, 0.1) is 5.92 Å². The number of carboxylic acid groups (broad SMARTS) is 1. The van der Waals surface area contributed by atoms with E-state index in [0.29, 0.717) is 17.9 Å². The van der Waals surface area contributed by atoms with Crippen LogP contribution in [0.4, 0.5) is 0 Å². The Kier molecular flexibility index (Phi) is 6.61. The number of hydrogen-bond donors (Lipinski definition) is 1. The van der Waals surface area contributed by atoms with Gasteiger partial charge in [-0.25, -0.2) is 4.79 Å². The molecule has 0 aromatic heterocycles. The van der Waals surface area contributed by atoms with Gasteiger partial charge >= 0.3 is 5.97 Å². The van der Waals surface area contributed by atoms with Crippen LogP contribution in [0.1, 0.15) is 32.8 Å². The third kappa shape index (κ3) is 4.41. The van der Waals surface area contributed by atoms with E-state index in [9.17, 15) is 14.7 Å². The van der Waals surface area contributed by atoms with Gasteiger partial charge in [0.15, 0.2) is 0 Å². The van der Waals surface area contributed by atoms with E-state index in [-0.39, 0.29) is 16.1 Å². The number of thiocarbonyl (C=S) groups is 1. The van der Waals surface area contributed by atoms with Crippen LogP contribution in [-0.2, 0) is 9.59 Å². The molecule has 1 aromatic rings. The molecule has 1 aliphatic rings. The number of amides is 1. The molecule has 0 saturated carbocycles. The van der Waals surface area contributed by atoms with Gasteiger partial charge in [-0.2, -0.15) is 0 Å². The van der Waals surface area contributed by atoms with Crippen molar-refractivity contribution in [3.05, 3.63) is 34.7 Å². The second-order valence-electron chi connectivity index (χ2n) is 5.72. The molecule has 2 atom stereocenters. The molecule has 1 amide bonds. The highest BCUT2D eigenvalue weighted by atomic mass is 32.2. The van der Waals surface area contributed by atoms with Crippen LogP contribution in [0.5, 0.6) is 5.75 Å². The average molecular weight is 380 g/mol. The fraction of sp³-hybridized carbons (Fsp3) is 0.389. The Morgan fingerprint density at radius 1 is 1.36 bits per heavy atom. The normalized spacial score (nSPS) is 18.5. The summed E-state index contributed by atoms with van der Waals surface area (Å²) in [6.45, 7) is 6.21. The first-order valence-corrected chi connectivity index (χ1v) is 9.34. The van der Waals surface area contributed by atoms with Gasteiger partial charge < -0.3 is 9.84 Å². The summed E-state index contributed by atoms with van der Waals surface area (Å²) >= 11 is 6.41. The van der Waals surface area contributed by atoms with Gasteiger partial charge in [0.2, 0.25) is 0 Å². The molecular weight excluding hydrogens is 358 g/mol. The highest BCUT2D eigenvalue weighted by molar-refractivity contribution is 8.26. The van der Waals surface area contributed by atoms with Gasteiger partial charge in [-0.1, -0.05) is 56.4 Å². The van der Waals surface area contributed by atoms with Crippen LogP contribution in [0.15, 0.2) is 29.2 Å². The highest BCUT2D eigenvalue weighted by Crippen LogP contribution is 2.36. The molecule has 2 rings (SSSR count). The third-order valence-electron chi connectivity index (χ3n) is 4.03. The van der Waals surface area contributed by atoms with Gasteiger partial charge in [0.1, 0.15) is 16.1 Å². The number of rotatable bonds is 7. The molecule has 7 heteroatoms. The molecule has 25 heavy (non-hydrogen) atoms. The van der Waals surface area contributed by atoms with Crippen molar-refractivity contribution in [2.45, 2.75) is 33.2 Å². The molecule has 1 fully saturated rings. The maximum Gasteiger partial charge on any atom is 0.327 e. The van der Waals surface area contributed by atoms with Crippen molar-refractivity contribution in [1.82, 2.24) is 4.90 Å². The number of nitrogens with zero attached hydrogens (tertiary/aromatic N) is 1. The standard InChI is InChI=1S/C18H21NO4S2/c1-4-11(3)15(17(21)22)19-16(20)14(25-18(19)24)10-12-6-8-13(9-7-12)23-5-2/h6-11,15H,4-5H2,1-3H3,(H,21,22)/b14-10-/t11-,15-/m1/s1. The molecule has 1 aliphatic heterocycles. The van der Waals surface area contributed by atoms with Gasteiger partial charge in [-0.05, 0) is 36.6 Å². The monoisotopic (exact) mass is 379 g/mol. The quantitative estimate of drug-likeness (QED) is 0.574. The largest absolute Gasteiger partial charge is 0.494 e. The SMILES string of the molecule is CCOc1ccc(/C=C2\SC(=S)N([C@@H](C(=O)O)[C@H](C)CC)C2=O)cc1. The predicted molar refractivity (Wildman–Crippen MR) is 104 cm³/mol. The lowest BCUT2D eigenvalue weighted by atomic mass is 9.98. The third-order valence-corrected chi connectivity index (χ3v) is 5.36. The second kappa shape index (κ2) is 8.49. The molecule has 0 aliphatic carbocycles. The first-order valence-electron chi connectivity index (χ1n) is 8.11. The zero-order chi connectivity index (χ0) is 18.6. The molecule has 5 nitrogen and oxygen atoms in total. The lowest BCUT2D eigenvalue weighted by Crippen LogP contribution is -2.47. The minimum atomic E-state index is -1.03. The molecule has 134 valence electrons. The fourth-order valence-electron chi connectivity index (χ4n) is 2.53. The maximum atomic E-state index is 12.7. The molecule has 0 radical (unpaired) electrons. The van der Waals surface area contributed by atoms with Crippen molar-refractivity contribution in [1.29, 1.82) is 0 Å². The lowest BCUT2D eigenvalue weighted by Gasteiger charge is -2.27. The van der Waals surface area contributed by atoms with Crippen LogP contribution in [0.2, 0.25) is 0 Å². The van der Waals surface area contributed by atoms with E-state index >= 15 is 0 Å². The number of carbonyl (C=O) groups is 2. The summed E-state index contributed by atoms with van der Waals surface area (Å²) in [5.74, 6) is -0.815. The van der Waals surface area contributed by atoms with Crippen LogP contribution >= 0.6 is 24.0 Å². The molecule has 1 aromatic carbocycles. The number of carbonyl (C=O) groups excluding carboxylic acids is 1. The Morgan fingerprint density at radius 3 is 2.52 bits per heavy atom. The summed E-state index contributed by atoms with van der Waals surface area (Å²) in [6, 6.07) is 6.41. The van der Waals surface area contributed by atoms with E-state index in [4.69, 9.17) is 17.0 Å². The van der Waals surface area contributed by atoms with Crippen molar-refractivity contribution in [3.8, 4) is 5.75 Å². The van der Waals surface area contributed by atoms with Crippen molar-refractivity contribution in [2.24, 2.45) is 5.92 Å². The van der Waals surface area contributed by atoms with Crippen LogP contribution < -0.4 is 4.74 Å². The van der Waals surface area contributed by atoms with Crippen LogP contribution in [0.3, 0.4) is 0 Å². The van der Waals surface area contributed by atoms with E-state index in [1.807, 2.05) is 45.0 Å². The Labute approximate surface area is 157 Å². The van der Waals surface area contributed by atoms with Gasteiger partial charge in [0, 0.05) is 0 Å². The number of aliphatic carboxylic acids is 1. The topological polar surface area (TPSA) is 66.8 Å². The van der Waals surface area contributed by atoms with E-state index in [1.165, 1.54) is 4.90 Å². The smallest absolute Gasteiger partial charge is 0.327 e. The van der Waals surface area contributed by atoms with E-state index in [2.05, 4.69) is 0 Å². The minimum Gasteiger partial charge on any atom is -0.494 e. The van der Waals surface area contributed by atoms with E-state index < -0.39 is 12.0 Å². The first-order chi connectivity index (χ1) is 11.9. The zero-order valence-electron chi connectivity index (χ0n) is 14.4. The van der Waals surface area contributed by atoms with Crippen molar-refractivity contribution < 1.29 is 19.4 Å². The van der Waals surface area contributed by atoms with Crippen molar-refractivity contribution >= 4 is 46.3 Å². The summed E-state index contributed by atoms with van der Waals surface area (Å²) in [7, 11) is 0.